The number of carbonyl (C=O) groups is 1. The maximum Gasteiger partial charge on any atom is 0.416 e. The number of likely N-dealkylation sites (N-methyl/N-ethyl adjacent to an activating group) is 1. The summed E-state index contributed by atoms with van der Waals surface area (Å²) in [5.74, 6) is -0.207. The van der Waals surface area contributed by atoms with Crippen LogP contribution in [0.4, 0.5) is 24.5 Å². The van der Waals surface area contributed by atoms with Crippen molar-refractivity contribution in [3.05, 3.63) is 42.0 Å². The van der Waals surface area contributed by atoms with Crippen LogP contribution in [0.2, 0.25) is 0 Å². The number of hydrogen-bond donors (Lipinski definition) is 0. The van der Waals surface area contributed by atoms with Gasteiger partial charge in [-0.3, -0.25) is 4.79 Å². The van der Waals surface area contributed by atoms with Crippen molar-refractivity contribution >= 4 is 17.3 Å². The third-order valence-corrected chi connectivity index (χ3v) is 5.73. The molecule has 0 bridgehead atoms. The van der Waals surface area contributed by atoms with Crippen molar-refractivity contribution < 1.29 is 27.4 Å². The zero-order chi connectivity index (χ0) is 22.6. The van der Waals surface area contributed by atoms with E-state index in [9.17, 15) is 18.0 Å². The van der Waals surface area contributed by atoms with Gasteiger partial charge in [-0.05, 0) is 43.7 Å². The lowest BCUT2D eigenvalue weighted by molar-refractivity contribution is -0.146. The van der Waals surface area contributed by atoms with Crippen molar-refractivity contribution in [2.75, 3.05) is 43.6 Å². The fraction of sp³-hybridized carbons (Fsp3) is 0.435. The van der Waals surface area contributed by atoms with Crippen molar-refractivity contribution in [3.8, 4) is 16.9 Å². The Bertz CT molecular complexity index is 1010. The molecule has 166 valence electrons. The molecule has 2 aliphatic heterocycles. The van der Waals surface area contributed by atoms with E-state index in [1.165, 1.54) is 13.2 Å². The van der Waals surface area contributed by atoms with Gasteiger partial charge in [-0.25, -0.2) is 0 Å². The lowest BCUT2D eigenvalue weighted by Gasteiger charge is -2.41. The standard InChI is InChI=1S/C23H25F3N2O3/c1-22(2)13-27(3)20-18(9-16(23(24,25)26)10-19(20)31-22)14-6-5-7-17(8-14)28-11-15(12-28)21(29)30-4/h5-10,15H,11-13H2,1-4H3. The van der Waals surface area contributed by atoms with E-state index in [2.05, 4.69) is 0 Å². The molecule has 2 aromatic rings. The highest BCUT2D eigenvalue weighted by molar-refractivity contribution is 5.86. The Morgan fingerprint density at radius 3 is 2.55 bits per heavy atom. The van der Waals surface area contributed by atoms with Crippen LogP contribution in [0, 0.1) is 5.92 Å². The minimum absolute atomic E-state index is 0.184. The van der Waals surface area contributed by atoms with Crippen molar-refractivity contribution in [2.45, 2.75) is 25.6 Å². The van der Waals surface area contributed by atoms with E-state index >= 15 is 0 Å². The van der Waals surface area contributed by atoms with Crippen LogP contribution in [0.15, 0.2) is 36.4 Å². The second-order valence-electron chi connectivity index (χ2n) is 8.76. The summed E-state index contributed by atoms with van der Waals surface area (Å²) >= 11 is 0. The van der Waals surface area contributed by atoms with Crippen LogP contribution in [0.25, 0.3) is 11.1 Å². The molecule has 0 saturated carbocycles. The van der Waals surface area contributed by atoms with Crippen molar-refractivity contribution in [1.82, 2.24) is 0 Å². The summed E-state index contributed by atoms with van der Waals surface area (Å²) in [6, 6.07) is 9.62. The van der Waals surface area contributed by atoms with Crippen molar-refractivity contribution in [2.24, 2.45) is 5.92 Å². The van der Waals surface area contributed by atoms with E-state index in [1.807, 2.05) is 48.9 Å². The Morgan fingerprint density at radius 1 is 1.19 bits per heavy atom. The molecule has 0 amide bonds. The highest BCUT2D eigenvalue weighted by Crippen LogP contribution is 2.47. The molecule has 4 rings (SSSR count). The first-order valence-electron chi connectivity index (χ1n) is 10.1. The molecule has 5 nitrogen and oxygen atoms in total. The normalized spacial score (nSPS) is 18.2. The van der Waals surface area contributed by atoms with Gasteiger partial charge in [0.25, 0.3) is 0 Å². The number of rotatable bonds is 3. The van der Waals surface area contributed by atoms with Gasteiger partial charge in [0, 0.05) is 31.4 Å². The Kier molecular flexibility index (Phi) is 5.06. The van der Waals surface area contributed by atoms with Gasteiger partial charge >= 0.3 is 12.1 Å². The maximum absolute atomic E-state index is 13.6. The maximum atomic E-state index is 13.6. The van der Waals surface area contributed by atoms with E-state index in [4.69, 9.17) is 9.47 Å². The van der Waals surface area contributed by atoms with Gasteiger partial charge in [-0.1, -0.05) is 12.1 Å². The molecule has 1 saturated heterocycles. The second-order valence-corrected chi connectivity index (χ2v) is 8.76. The molecular weight excluding hydrogens is 409 g/mol. The molecule has 31 heavy (non-hydrogen) atoms. The van der Waals surface area contributed by atoms with Crippen LogP contribution in [0.5, 0.6) is 5.75 Å². The molecule has 0 N–H and O–H groups in total. The number of hydrogen-bond acceptors (Lipinski definition) is 5. The number of anilines is 2. The summed E-state index contributed by atoms with van der Waals surface area (Å²) in [7, 11) is 3.22. The molecule has 0 radical (unpaired) electrons. The number of nitrogens with zero attached hydrogens (tertiary/aromatic N) is 2. The number of benzene rings is 2. The Hall–Kier alpha value is -2.90. The number of fused-ring (bicyclic) bond motifs is 1. The number of ether oxygens (including phenoxy) is 2. The minimum Gasteiger partial charge on any atom is -0.484 e. The van der Waals surface area contributed by atoms with Crippen LogP contribution < -0.4 is 14.5 Å². The topological polar surface area (TPSA) is 42.0 Å². The molecular formula is C23H25F3N2O3. The van der Waals surface area contributed by atoms with Crippen molar-refractivity contribution in [1.29, 1.82) is 0 Å². The quantitative estimate of drug-likeness (QED) is 0.661. The lowest BCUT2D eigenvalue weighted by atomic mass is 9.94. The lowest BCUT2D eigenvalue weighted by Crippen LogP contribution is -2.50. The van der Waals surface area contributed by atoms with Crippen LogP contribution in [-0.2, 0) is 15.7 Å². The average Bonchev–Trinajstić information content (AvgIpc) is 2.64. The van der Waals surface area contributed by atoms with E-state index in [1.54, 1.807) is 6.07 Å². The molecule has 8 heteroatoms. The monoisotopic (exact) mass is 434 g/mol. The number of alkyl halides is 3. The van der Waals surface area contributed by atoms with Gasteiger partial charge in [0.15, 0.2) is 0 Å². The number of methoxy groups -OCH3 is 1. The molecule has 0 unspecified atom stereocenters. The second kappa shape index (κ2) is 7.35. The van der Waals surface area contributed by atoms with Crippen LogP contribution in [0.1, 0.15) is 19.4 Å². The summed E-state index contributed by atoms with van der Waals surface area (Å²) in [4.78, 5) is 15.6. The fourth-order valence-corrected chi connectivity index (χ4v) is 4.32. The Labute approximate surface area is 179 Å². The summed E-state index contributed by atoms with van der Waals surface area (Å²) in [5, 5.41) is 0. The predicted molar refractivity (Wildman–Crippen MR) is 113 cm³/mol. The number of esters is 1. The fourth-order valence-electron chi connectivity index (χ4n) is 4.32. The molecule has 2 aliphatic rings. The molecule has 1 fully saturated rings. The van der Waals surface area contributed by atoms with Gasteiger partial charge in [-0.15, -0.1) is 0 Å². The zero-order valence-corrected chi connectivity index (χ0v) is 17.9. The molecule has 0 aromatic heterocycles. The average molecular weight is 434 g/mol. The van der Waals surface area contributed by atoms with Gasteiger partial charge in [-0.2, -0.15) is 13.2 Å². The van der Waals surface area contributed by atoms with Crippen molar-refractivity contribution in [3.63, 3.8) is 0 Å². The third-order valence-electron chi connectivity index (χ3n) is 5.73. The summed E-state index contributed by atoms with van der Waals surface area (Å²) in [6.07, 6.45) is -4.49. The largest absolute Gasteiger partial charge is 0.484 e. The van der Waals surface area contributed by atoms with Crippen LogP contribution in [-0.4, -0.2) is 45.4 Å². The summed E-state index contributed by atoms with van der Waals surface area (Å²) in [5.41, 5.74) is 1.27. The first-order valence-corrected chi connectivity index (χ1v) is 10.1. The molecule has 0 atom stereocenters. The highest BCUT2D eigenvalue weighted by atomic mass is 19.4. The van der Waals surface area contributed by atoms with Gasteiger partial charge in [0.2, 0.25) is 0 Å². The van der Waals surface area contributed by atoms with Crippen LogP contribution in [0.3, 0.4) is 0 Å². The van der Waals surface area contributed by atoms with E-state index < -0.39 is 17.3 Å². The summed E-state index contributed by atoms with van der Waals surface area (Å²) in [6.45, 7) is 5.30. The first kappa shape index (κ1) is 21.3. The van der Waals surface area contributed by atoms with Gasteiger partial charge in [0.05, 0.1) is 30.8 Å². The third kappa shape index (κ3) is 4.03. The molecule has 2 aromatic carbocycles. The predicted octanol–water partition coefficient (Wildman–Crippen LogP) is 4.59. The minimum atomic E-state index is -4.49. The molecule has 2 heterocycles. The molecule has 0 spiro atoms. The van der Waals surface area contributed by atoms with Gasteiger partial charge in [0.1, 0.15) is 11.4 Å². The van der Waals surface area contributed by atoms with Gasteiger partial charge < -0.3 is 19.3 Å². The SMILES string of the molecule is COC(=O)C1CN(c2cccc(-c3cc(C(F)(F)F)cc4c3N(C)CC(C)(C)O4)c2)C1. The van der Waals surface area contributed by atoms with E-state index in [-0.39, 0.29) is 17.6 Å². The zero-order valence-electron chi connectivity index (χ0n) is 17.9. The first-order chi connectivity index (χ1) is 14.5. The summed E-state index contributed by atoms with van der Waals surface area (Å²) < 4.78 is 51.7. The van der Waals surface area contributed by atoms with E-state index in [0.717, 1.165) is 11.8 Å². The number of carbonyl (C=O) groups excluding carboxylic acids is 1. The molecule has 0 aliphatic carbocycles. The smallest absolute Gasteiger partial charge is 0.416 e. The Morgan fingerprint density at radius 2 is 1.90 bits per heavy atom. The van der Waals surface area contributed by atoms with Crippen LogP contribution >= 0.6 is 0 Å². The highest BCUT2D eigenvalue weighted by Gasteiger charge is 2.38. The Balaban J connectivity index is 1.75. The number of halogens is 3. The van der Waals surface area contributed by atoms with E-state index in [0.29, 0.717) is 36.4 Å².